The zero-order valence-electron chi connectivity index (χ0n) is 6.80. The van der Waals surface area contributed by atoms with Crippen molar-refractivity contribution in [2.45, 2.75) is 25.2 Å². The number of azide groups is 1. The second-order valence-electron chi connectivity index (χ2n) is 2.48. The Morgan fingerprint density at radius 3 is 2.83 bits per heavy atom. The van der Waals surface area contributed by atoms with Crippen LogP contribution in [0.2, 0.25) is 0 Å². The lowest BCUT2D eigenvalue weighted by atomic mass is 10.0. The van der Waals surface area contributed by atoms with E-state index in [-0.39, 0.29) is 6.10 Å². The summed E-state index contributed by atoms with van der Waals surface area (Å²) in [7, 11) is 1.27. The van der Waals surface area contributed by atoms with Crippen molar-refractivity contribution < 1.29 is 14.3 Å². The molecule has 0 aromatic heterocycles. The Morgan fingerprint density at radius 1 is 1.75 bits per heavy atom. The Morgan fingerprint density at radius 2 is 2.42 bits per heavy atom. The molecule has 0 saturated carbocycles. The maximum Gasteiger partial charge on any atom is 0.335 e. The number of carbonyl (C=O) groups is 1. The van der Waals surface area contributed by atoms with Crippen LogP contribution in [-0.2, 0) is 14.3 Å². The zero-order valence-corrected chi connectivity index (χ0v) is 6.80. The van der Waals surface area contributed by atoms with Crippen molar-refractivity contribution in [1.82, 2.24) is 0 Å². The van der Waals surface area contributed by atoms with Crippen LogP contribution >= 0.6 is 0 Å². The summed E-state index contributed by atoms with van der Waals surface area (Å²) in [5.41, 5.74) is 8.14. The lowest BCUT2D eigenvalue weighted by molar-refractivity contribution is -0.185. The minimum Gasteiger partial charge on any atom is -0.467 e. The third-order valence-corrected chi connectivity index (χ3v) is 1.77. The summed E-state index contributed by atoms with van der Waals surface area (Å²) in [4.78, 5) is 13.5. The van der Waals surface area contributed by atoms with Crippen LogP contribution in [0.1, 0.15) is 6.92 Å². The second-order valence-corrected chi connectivity index (χ2v) is 2.48. The first-order valence-corrected chi connectivity index (χ1v) is 3.48. The molecule has 0 bridgehead atoms. The molecule has 6 nitrogen and oxygen atoms in total. The van der Waals surface area contributed by atoms with Gasteiger partial charge in [-0.15, -0.1) is 0 Å². The molecule has 1 rings (SSSR count). The summed E-state index contributed by atoms with van der Waals surface area (Å²) in [6.07, 6.45) is -0.925. The minimum absolute atomic E-state index is 0.204. The van der Waals surface area contributed by atoms with E-state index in [1.807, 2.05) is 0 Å². The molecule has 1 aliphatic rings. The molecule has 1 fully saturated rings. The van der Waals surface area contributed by atoms with E-state index in [0.717, 1.165) is 0 Å². The first-order chi connectivity index (χ1) is 5.70. The van der Waals surface area contributed by atoms with E-state index in [1.165, 1.54) is 7.11 Å². The molecule has 66 valence electrons. The fourth-order valence-corrected chi connectivity index (χ4v) is 1.07. The Balaban J connectivity index is 2.59. The van der Waals surface area contributed by atoms with Gasteiger partial charge in [0.2, 0.25) is 0 Å². The first-order valence-electron chi connectivity index (χ1n) is 3.48. The molecule has 0 aromatic carbocycles. The summed E-state index contributed by atoms with van der Waals surface area (Å²) >= 11 is 0. The van der Waals surface area contributed by atoms with Crippen LogP contribution in [0.5, 0.6) is 0 Å². The molecule has 0 amide bonds. The van der Waals surface area contributed by atoms with E-state index in [4.69, 9.17) is 10.3 Å². The lowest BCUT2D eigenvalue weighted by Crippen LogP contribution is -2.55. The second kappa shape index (κ2) is 3.42. The first kappa shape index (κ1) is 8.83. The number of hydrogen-bond donors (Lipinski definition) is 0. The molecule has 1 saturated heterocycles. The van der Waals surface area contributed by atoms with Gasteiger partial charge in [-0.05, 0) is 12.5 Å². The van der Waals surface area contributed by atoms with Crippen molar-refractivity contribution in [3.63, 3.8) is 0 Å². The van der Waals surface area contributed by atoms with E-state index in [9.17, 15) is 4.79 Å². The Hall–Kier alpha value is -1.26. The van der Waals surface area contributed by atoms with Crippen molar-refractivity contribution in [3.05, 3.63) is 10.4 Å². The van der Waals surface area contributed by atoms with E-state index in [1.54, 1.807) is 6.92 Å². The number of nitrogens with zero attached hydrogens (tertiary/aromatic N) is 3. The maximum atomic E-state index is 10.9. The van der Waals surface area contributed by atoms with Crippen molar-refractivity contribution in [2.24, 2.45) is 5.11 Å². The van der Waals surface area contributed by atoms with Gasteiger partial charge in [0, 0.05) is 4.91 Å². The molecule has 0 N–H and O–H groups in total. The average molecular weight is 171 g/mol. The molecule has 0 aromatic rings. The van der Waals surface area contributed by atoms with Gasteiger partial charge in [0.1, 0.15) is 6.04 Å². The van der Waals surface area contributed by atoms with Gasteiger partial charge in [0.15, 0.2) is 6.10 Å². The number of ether oxygens (including phenoxy) is 2. The summed E-state index contributed by atoms with van der Waals surface area (Å²) in [5, 5.41) is 3.42. The highest BCUT2D eigenvalue weighted by molar-refractivity contribution is 5.76. The predicted molar refractivity (Wildman–Crippen MR) is 39.3 cm³/mol. The Bertz CT molecular complexity index is 236. The van der Waals surface area contributed by atoms with Gasteiger partial charge in [0.25, 0.3) is 0 Å². The summed E-state index contributed by atoms with van der Waals surface area (Å²) in [6.45, 7) is 1.73. The van der Waals surface area contributed by atoms with Crippen LogP contribution in [0.25, 0.3) is 10.4 Å². The largest absolute Gasteiger partial charge is 0.467 e. The van der Waals surface area contributed by atoms with Crippen LogP contribution in [0, 0.1) is 0 Å². The van der Waals surface area contributed by atoms with Gasteiger partial charge in [-0.2, -0.15) is 0 Å². The number of rotatable bonds is 2. The maximum absolute atomic E-state index is 10.9. The molecule has 0 aliphatic carbocycles. The number of hydrogen-bond acceptors (Lipinski definition) is 4. The van der Waals surface area contributed by atoms with Gasteiger partial charge < -0.3 is 9.47 Å². The van der Waals surface area contributed by atoms with Gasteiger partial charge in [-0.1, -0.05) is 5.11 Å². The monoisotopic (exact) mass is 171 g/mol. The third kappa shape index (κ3) is 1.34. The molecule has 3 atom stereocenters. The van der Waals surface area contributed by atoms with Gasteiger partial charge in [-0.3, -0.25) is 0 Å². The quantitative estimate of drug-likeness (QED) is 0.264. The van der Waals surface area contributed by atoms with Crippen molar-refractivity contribution in [3.8, 4) is 0 Å². The van der Waals surface area contributed by atoms with Crippen molar-refractivity contribution >= 4 is 5.97 Å². The van der Waals surface area contributed by atoms with Crippen molar-refractivity contribution in [1.29, 1.82) is 0 Å². The van der Waals surface area contributed by atoms with Crippen LogP contribution in [0.4, 0.5) is 0 Å². The lowest BCUT2D eigenvalue weighted by Gasteiger charge is -2.37. The summed E-state index contributed by atoms with van der Waals surface area (Å²) in [6, 6.07) is -0.428. The molecule has 0 spiro atoms. The normalized spacial score (nSPS) is 33.0. The van der Waals surface area contributed by atoms with E-state index < -0.39 is 18.1 Å². The van der Waals surface area contributed by atoms with Gasteiger partial charge >= 0.3 is 5.97 Å². The topological polar surface area (TPSA) is 84.3 Å². The molecular weight excluding hydrogens is 162 g/mol. The molecule has 1 heterocycles. The van der Waals surface area contributed by atoms with Gasteiger partial charge in [0.05, 0.1) is 13.2 Å². The molecule has 12 heavy (non-hydrogen) atoms. The Labute approximate surface area is 69.1 Å². The number of esters is 1. The minimum atomic E-state index is -0.721. The van der Waals surface area contributed by atoms with Crippen LogP contribution in [-0.4, -0.2) is 31.3 Å². The fraction of sp³-hybridized carbons (Fsp3) is 0.833. The van der Waals surface area contributed by atoms with Gasteiger partial charge in [-0.25, -0.2) is 4.79 Å². The average Bonchev–Trinajstić information content (AvgIpc) is 2.09. The third-order valence-electron chi connectivity index (χ3n) is 1.77. The number of carbonyl (C=O) groups excluding carboxylic acids is 1. The highest BCUT2D eigenvalue weighted by Crippen LogP contribution is 2.25. The predicted octanol–water partition coefficient (Wildman–Crippen LogP) is 0.626. The molecule has 6 heteroatoms. The van der Waals surface area contributed by atoms with Crippen LogP contribution in [0.15, 0.2) is 5.11 Å². The summed E-state index contributed by atoms with van der Waals surface area (Å²) < 4.78 is 9.45. The molecular formula is C6H9N3O3. The molecule has 3 unspecified atom stereocenters. The zero-order chi connectivity index (χ0) is 9.14. The summed E-state index contributed by atoms with van der Waals surface area (Å²) in [5.74, 6) is -0.495. The van der Waals surface area contributed by atoms with E-state index >= 15 is 0 Å². The highest BCUT2D eigenvalue weighted by atomic mass is 16.6. The molecule has 1 aliphatic heterocycles. The van der Waals surface area contributed by atoms with E-state index in [2.05, 4.69) is 14.8 Å². The Kier molecular flexibility index (Phi) is 2.52. The standard InChI is InChI=1S/C6H9N3O3/c1-3-4(8-9-7)5(12-3)6(10)11-2/h3-5H,1-2H3. The highest BCUT2D eigenvalue weighted by Gasteiger charge is 2.44. The van der Waals surface area contributed by atoms with Crippen LogP contribution < -0.4 is 0 Å². The van der Waals surface area contributed by atoms with Crippen molar-refractivity contribution in [2.75, 3.05) is 7.11 Å². The number of methoxy groups -OCH3 is 1. The van der Waals surface area contributed by atoms with E-state index in [0.29, 0.717) is 0 Å². The van der Waals surface area contributed by atoms with Crippen LogP contribution in [0.3, 0.4) is 0 Å². The SMILES string of the molecule is COC(=O)C1OC(C)C1N=[N+]=[N-]. The smallest absolute Gasteiger partial charge is 0.335 e. The fourth-order valence-electron chi connectivity index (χ4n) is 1.07. The molecule has 0 radical (unpaired) electrons.